The first-order chi connectivity index (χ1) is 12.3. The van der Waals surface area contributed by atoms with E-state index in [0.717, 1.165) is 30.6 Å². The molecule has 0 unspecified atom stereocenters. The van der Waals surface area contributed by atoms with Crippen LogP contribution in [0.25, 0.3) is 0 Å². The number of nitrogens with zero attached hydrogens (tertiary/aromatic N) is 1. The Morgan fingerprint density at radius 3 is 2.46 bits per heavy atom. The van der Waals surface area contributed by atoms with Crippen molar-refractivity contribution >= 4 is 17.8 Å². The third-order valence-corrected chi connectivity index (χ3v) is 5.38. The van der Waals surface area contributed by atoms with Gasteiger partial charge in [0.05, 0.1) is 0 Å². The van der Waals surface area contributed by atoms with E-state index in [2.05, 4.69) is 10.6 Å². The molecule has 2 fully saturated rings. The molecule has 2 N–H and O–H groups in total. The van der Waals surface area contributed by atoms with Crippen molar-refractivity contribution in [3.05, 3.63) is 35.6 Å². The number of nitrogens with one attached hydrogen (secondary N) is 2. The molecule has 0 aromatic heterocycles. The maximum Gasteiger partial charge on any atom is 0.325 e. The predicted molar refractivity (Wildman–Crippen MR) is 93.9 cm³/mol. The molecule has 3 rings (SSSR count). The SMILES string of the molecule is CC1(C)NC(=O)N(CC(=O)NCC2(c3ccccc3F)CCCC2)C1=O. The molecule has 1 aliphatic heterocycles. The van der Waals surface area contributed by atoms with Gasteiger partial charge in [0.15, 0.2) is 0 Å². The second kappa shape index (κ2) is 6.70. The molecular weight excluding hydrogens is 337 g/mol. The average Bonchev–Trinajstić information content (AvgIpc) is 3.13. The number of carbonyl (C=O) groups excluding carboxylic acids is 3. The minimum absolute atomic E-state index is 0.264. The normalized spacial score (nSPS) is 21.0. The molecule has 0 atom stereocenters. The first-order valence-electron chi connectivity index (χ1n) is 8.91. The molecule has 1 aliphatic carbocycles. The number of halogens is 1. The fraction of sp³-hybridized carbons (Fsp3) is 0.526. The first kappa shape index (κ1) is 18.4. The Labute approximate surface area is 152 Å². The van der Waals surface area contributed by atoms with Crippen molar-refractivity contribution in [1.29, 1.82) is 0 Å². The van der Waals surface area contributed by atoms with Crippen molar-refractivity contribution in [3.8, 4) is 0 Å². The third-order valence-electron chi connectivity index (χ3n) is 5.38. The van der Waals surface area contributed by atoms with E-state index in [4.69, 9.17) is 0 Å². The molecule has 26 heavy (non-hydrogen) atoms. The van der Waals surface area contributed by atoms with E-state index in [1.54, 1.807) is 32.0 Å². The molecule has 1 heterocycles. The first-order valence-corrected chi connectivity index (χ1v) is 8.91. The molecule has 140 valence electrons. The van der Waals surface area contributed by atoms with Gasteiger partial charge in [0, 0.05) is 12.0 Å². The molecular formula is C19H24FN3O3. The zero-order valence-corrected chi connectivity index (χ0v) is 15.1. The van der Waals surface area contributed by atoms with E-state index in [0.29, 0.717) is 12.1 Å². The van der Waals surface area contributed by atoms with Crippen LogP contribution in [0.2, 0.25) is 0 Å². The predicted octanol–water partition coefficient (Wildman–Crippen LogP) is 2.08. The van der Waals surface area contributed by atoms with Crippen molar-refractivity contribution in [3.63, 3.8) is 0 Å². The van der Waals surface area contributed by atoms with Crippen LogP contribution in [0.3, 0.4) is 0 Å². The fourth-order valence-corrected chi connectivity index (χ4v) is 3.91. The minimum Gasteiger partial charge on any atom is -0.354 e. The lowest BCUT2D eigenvalue weighted by molar-refractivity contribution is -0.134. The van der Waals surface area contributed by atoms with Crippen molar-refractivity contribution in [2.75, 3.05) is 13.1 Å². The number of hydrogen-bond donors (Lipinski definition) is 2. The summed E-state index contributed by atoms with van der Waals surface area (Å²) in [5, 5.41) is 5.35. The van der Waals surface area contributed by atoms with Crippen molar-refractivity contribution in [1.82, 2.24) is 15.5 Å². The monoisotopic (exact) mass is 361 g/mol. The maximum atomic E-state index is 14.3. The smallest absolute Gasteiger partial charge is 0.325 e. The highest BCUT2D eigenvalue weighted by Gasteiger charge is 2.45. The number of rotatable bonds is 5. The molecule has 2 aliphatic rings. The Morgan fingerprint density at radius 2 is 1.88 bits per heavy atom. The number of benzene rings is 1. The zero-order chi connectivity index (χ0) is 18.9. The van der Waals surface area contributed by atoms with Gasteiger partial charge in [0.2, 0.25) is 5.91 Å². The van der Waals surface area contributed by atoms with Gasteiger partial charge < -0.3 is 10.6 Å². The number of hydrogen-bond acceptors (Lipinski definition) is 3. The van der Waals surface area contributed by atoms with Gasteiger partial charge in [0.25, 0.3) is 5.91 Å². The van der Waals surface area contributed by atoms with E-state index in [1.807, 2.05) is 0 Å². The Morgan fingerprint density at radius 1 is 1.23 bits per heavy atom. The molecule has 6 nitrogen and oxygen atoms in total. The Balaban J connectivity index is 1.67. The lowest BCUT2D eigenvalue weighted by Crippen LogP contribution is -2.46. The van der Waals surface area contributed by atoms with Crippen molar-refractivity contribution in [2.45, 2.75) is 50.5 Å². The minimum atomic E-state index is -1.00. The number of amides is 4. The molecule has 0 bridgehead atoms. The Hall–Kier alpha value is -2.44. The molecule has 1 saturated heterocycles. The number of urea groups is 1. The summed E-state index contributed by atoms with van der Waals surface area (Å²) in [5.74, 6) is -1.12. The highest BCUT2D eigenvalue weighted by atomic mass is 19.1. The lowest BCUT2D eigenvalue weighted by Gasteiger charge is -2.30. The van der Waals surface area contributed by atoms with Gasteiger partial charge in [-0.2, -0.15) is 0 Å². The van der Waals surface area contributed by atoms with Crippen LogP contribution in [0, 0.1) is 5.82 Å². The Kier molecular flexibility index (Phi) is 4.73. The largest absolute Gasteiger partial charge is 0.354 e. The van der Waals surface area contributed by atoms with E-state index >= 15 is 0 Å². The summed E-state index contributed by atoms with van der Waals surface area (Å²) in [6, 6.07) is 6.09. The quantitative estimate of drug-likeness (QED) is 0.788. The van der Waals surface area contributed by atoms with Gasteiger partial charge in [-0.25, -0.2) is 9.18 Å². The van der Waals surface area contributed by atoms with Crippen LogP contribution in [-0.2, 0) is 15.0 Å². The van der Waals surface area contributed by atoms with E-state index in [9.17, 15) is 18.8 Å². The van der Waals surface area contributed by atoms with Crippen LogP contribution >= 0.6 is 0 Å². The molecule has 0 radical (unpaired) electrons. The summed E-state index contributed by atoms with van der Waals surface area (Å²) in [6.07, 6.45) is 3.55. The molecule has 1 aromatic rings. The summed E-state index contributed by atoms with van der Waals surface area (Å²) >= 11 is 0. The second-order valence-corrected chi connectivity index (χ2v) is 7.69. The number of imide groups is 1. The van der Waals surface area contributed by atoms with Crippen LogP contribution in [-0.4, -0.2) is 41.4 Å². The average molecular weight is 361 g/mol. The lowest BCUT2D eigenvalue weighted by atomic mass is 9.78. The highest BCUT2D eigenvalue weighted by molar-refractivity contribution is 6.08. The van der Waals surface area contributed by atoms with Gasteiger partial charge in [-0.15, -0.1) is 0 Å². The summed E-state index contributed by atoms with van der Waals surface area (Å²) < 4.78 is 14.3. The molecule has 7 heteroatoms. The van der Waals surface area contributed by atoms with Gasteiger partial charge in [-0.1, -0.05) is 31.0 Å². The Bertz CT molecular complexity index is 741. The van der Waals surface area contributed by atoms with Crippen LogP contribution in [0.1, 0.15) is 45.1 Å². The highest BCUT2D eigenvalue weighted by Crippen LogP contribution is 2.41. The molecule has 0 spiro atoms. The number of carbonyl (C=O) groups is 3. The van der Waals surface area contributed by atoms with Gasteiger partial charge in [0.1, 0.15) is 17.9 Å². The van der Waals surface area contributed by atoms with Crippen LogP contribution < -0.4 is 10.6 Å². The van der Waals surface area contributed by atoms with Gasteiger partial charge >= 0.3 is 6.03 Å². The summed E-state index contributed by atoms with van der Waals surface area (Å²) in [6.45, 7) is 3.15. The molecule has 4 amide bonds. The van der Waals surface area contributed by atoms with Crippen molar-refractivity contribution < 1.29 is 18.8 Å². The van der Waals surface area contributed by atoms with Crippen LogP contribution in [0.4, 0.5) is 9.18 Å². The standard InChI is InChI=1S/C19H24FN3O3/c1-18(2)16(25)23(17(26)22-18)11-15(24)21-12-19(9-5-6-10-19)13-7-3-4-8-14(13)20/h3-4,7-8H,5-6,9-12H2,1-2H3,(H,21,24)(H,22,26). The zero-order valence-electron chi connectivity index (χ0n) is 15.1. The summed E-state index contributed by atoms with van der Waals surface area (Å²) in [5.41, 5.74) is -0.816. The van der Waals surface area contributed by atoms with E-state index in [1.165, 1.54) is 6.07 Å². The third kappa shape index (κ3) is 3.30. The van der Waals surface area contributed by atoms with Gasteiger partial charge in [-0.3, -0.25) is 14.5 Å². The molecule has 1 saturated carbocycles. The second-order valence-electron chi connectivity index (χ2n) is 7.69. The van der Waals surface area contributed by atoms with Crippen molar-refractivity contribution in [2.24, 2.45) is 0 Å². The van der Waals surface area contributed by atoms with E-state index < -0.39 is 28.8 Å². The summed E-state index contributed by atoms with van der Waals surface area (Å²) in [7, 11) is 0. The van der Waals surface area contributed by atoms with Crippen LogP contribution in [0.15, 0.2) is 24.3 Å². The topological polar surface area (TPSA) is 78.5 Å². The molecule has 1 aromatic carbocycles. The van der Waals surface area contributed by atoms with Gasteiger partial charge in [-0.05, 0) is 38.3 Å². The fourth-order valence-electron chi connectivity index (χ4n) is 3.91. The maximum absolute atomic E-state index is 14.3. The summed E-state index contributed by atoms with van der Waals surface area (Å²) in [4.78, 5) is 37.3. The van der Waals surface area contributed by atoms with E-state index in [-0.39, 0.29) is 12.4 Å². The van der Waals surface area contributed by atoms with Crippen LogP contribution in [0.5, 0.6) is 0 Å².